The first kappa shape index (κ1) is 12.9. The summed E-state index contributed by atoms with van der Waals surface area (Å²) in [5.41, 5.74) is 1.07. The Bertz CT molecular complexity index is 383. The second kappa shape index (κ2) is 6.37. The van der Waals surface area contributed by atoms with E-state index in [9.17, 15) is 4.79 Å². The topological polar surface area (TPSA) is 61.8 Å². The Morgan fingerprint density at radius 2 is 2.22 bits per heavy atom. The highest BCUT2D eigenvalue weighted by molar-refractivity contribution is 5.74. The number of morpholine rings is 1. The van der Waals surface area contributed by atoms with Gasteiger partial charge in [0.2, 0.25) is 0 Å². The van der Waals surface area contributed by atoms with Gasteiger partial charge in [-0.05, 0) is 5.56 Å². The van der Waals surface area contributed by atoms with E-state index in [1.165, 1.54) is 0 Å². The van der Waals surface area contributed by atoms with Gasteiger partial charge in [-0.3, -0.25) is 0 Å². The lowest BCUT2D eigenvalue weighted by atomic mass is 10.2. The van der Waals surface area contributed by atoms with Gasteiger partial charge in [0.1, 0.15) is 0 Å². The number of rotatable bonds is 3. The van der Waals surface area contributed by atoms with Crippen LogP contribution >= 0.6 is 0 Å². The van der Waals surface area contributed by atoms with Gasteiger partial charge in [0.15, 0.2) is 0 Å². The van der Waals surface area contributed by atoms with Gasteiger partial charge in [0.05, 0.1) is 25.9 Å². The minimum Gasteiger partial charge on any atom is -0.394 e. The third kappa shape index (κ3) is 3.45. The largest absolute Gasteiger partial charge is 0.394 e. The van der Waals surface area contributed by atoms with E-state index in [1.807, 2.05) is 30.3 Å². The lowest BCUT2D eigenvalue weighted by molar-refractivity contribution is -0.0403. The summed E-state index contributed by atoms with van der Waals surface area (Å²) in [6.07, 6.45) is -0.263. The molecule has 1 aromatic carbocycles. The molecule has 2 amide bonds. The standard InChI is InChI=1S/C13H18N2O3/c16-10-12-9-15(6-7-18-12)13(17)14-8-11-4-2-1-3-5-11/h1-5,12,16H,6-10H2,(H,14,17). The monoisotopic (exact) mass is 250 g/mol. The minimum atomic E-state index is -0.263. The fourth-order valence-electron chi connectivity index (χ4n) is 1.90. The Labute approximate surface area is 106 Å². The molecule has 0 saturated carbocycles. The van der Waals surface area contributed by atoms with Gasteiger partial charge in [-0.25, -0.2) is 4.79 Å². The van der Waals surface area contributed by atoms with E-state index in [1.54, 1.807) is 4.90 Å². The molecule has 1 fully saturated rings. The number of ether oxygens (including phenoxy) is 1. The molecule has 2 rings (SSSR count). The molecule has 0 spiro atoms. The van der Waals surface area contributed by atoms with Gasteiger partial charge in [-0.2, -0.15) is 0 Å². The zero-order chi connectivity index (χ0) is 12.8. The van der Waals surface area contributed by atoms with Gasteiger partial charge >= 0.3 is 6.03 Å². The van der Waals surface area contributed by atoms with Gasteiger partial charge in [0, 0.05) is 13.1 Å². The highest BCUT2D eigenvalue weighted by Crippen LogP contribution is 2.05. The van der Waals surface area contributed by atoms with Crippen molar-refractivity contribution in [2.24, 2.45) is 0 Å². The van der Waals surface area contributed by atoms with Crippen LogP contribution in [-0.4, -0.2) is 48.4 Å². The van der Waals surface area contributed by atoms with Crippen LogP contribution in [0.2, 0.25) is 0 Å². The summed E-state index contributed by atoms with van der Waals surface area (Å²) < 4.78 is 5.30. The summed E-state index contributed by atoms with van der Waals surface area (Å²) in [7, 11) is 0. The number of hydrogen-bond acceptors (Lipinski definition) is 3. The van der Waals surface area contributed by atoms with Gasteiger partial charge < -0.3 is 20.1 Å². The van der Waals surface area contributed by atoms with Gasteiger partial charge in [-0.15, -0.1) is 0 Å². The van der Waals surface area contributed by atoms with Crippen molar-refractivity contribution in [3.8, 4) is 0 Å². The summed E-state index contributed by atoms with van der Waals surface area (Å²) >= 11 is 0. The van der Waals surface area contributed by atoms with E-state index in [4.69, 9.17) is 9.84 Å². The Balaban J connectivity index is 1.81. The molecule has 0 aromatic heterocycles. The van der Waals surface area contributed by atoms with Crippen molar-refractivity contribution in [1.82, 2.24) is 10.2 Å². The van der Waals surface area contributed by atoms with E-state index < -0.39 is 0 Å². The molecule has 0 radical (unpaired) electrons. The second-order valence-corrected chi connectivity index (χ2v) is 4.27. The minimum absolute atomic E-state index is 0.0531. The van der Waals surface area contributed by atoms with Crippen molar-refractivity contribution < 1.29 is 14.6 Å². The number of urea groups is 1. The highest BCUT2D eigenvalue weighted by atomic mass is 16.5. The molecule has 18 heavy (non-hydrogen) atoms. The maximum atomic E-state index is 11.9. The number of nitrogens with one attached hydrogen (secondary N) is 1. The Morgan fingerprint density at radius 1 is 1.44 bits per heavy atom. The Hall–Kier alpha value is -1.59. The molecule has 98 valence electrons. The van der Waals surface area contributed by atoms with Crippen LogP contribution in [0.25, 0.3) is 0 Å². The van der Waals surface area contributed by atoms with Crippen molar-refractivity contribution >= 4 is 6.03 Å². The van der Waals surface area contributed by atoms with Crippen LogP contribution in [0.3, 0.4) is 0 Å². The zero-order valence-corrected chi connectivity index (χ0v) is 10.2. The van der Waals surface area contributed by atoms with E-state index in [2.05, 4.69) is 5.32 Å². The lowest BCUT2D eigenvalue weighted by Gasteiger charge is -2.32. The number of nitrogens with zero attached hydrogens (tertiary/aromatic N) is 1. The summed E-state index contributed by atoms with van der Waals surface area (Å²) in [5.74, 6) is 0. The van der Waals surface area contributed by atoms with Gasteiger partial charge in [-0.1, -0.05) is 30.3 Å². The first-order valence-corrected chi connectivity index (χ1v) is 6.09. The SMILES string of the molecule is O=C(NCc1ccccc1)N1CCOC(CO)C1. The maximum absolute atomic E-state index is 11.9. The normalized spacial score (nSPS) is 19.6. The van der Waals surface area contributed by atoms with E-state index in [0.717, 1.165) is 5.56 Å². The average Bonchev–Trinajstić information content (AvgIpc) is 2.46. The van der Waals surface area contributed by atoms with Crippen LogP contribution in [0.5, 0.6) is 0 Å². The number of carbonyl (C=O) groups excluding carboxylic acids is 1. The van der Waals surface area contributed by atoms with Crippen LogP contribution in [0.1, 0.15) is 5.56 Å². The first-order chi connectivity index (χ1) is 8.79. The van der Waals surface area contributed by atoms with E-state index in [-0.39, 0.29) is 18.7 Å². The van der Waals surface area contributed by atoms with Crippen LogP contribution in [0.4, 0.5) is 4.79 Å². The summed E-state index contributed by atoms with van der Waals surface area (Å²) in [6.45, 7) is 1.95. The molecule has 5 heteroatoms. The summed E-state index contributed by atoms with van der Waals surface area (Å²) in [6, 6.07) is 9.65. The van der Waals surface area contributed by atoms with Crippen molar-refractivity contribution in [2.75, 3.05) is 26.3 Å². The van der Waals surface area contributed by atoms with E-state index >= 15 is 0 Å². The molecular formula is C13H18N2O3. The lowest BCUT2D eigenvalue weighted by Crippen LogP contribution is -2.50. The number of benzene rings is 1. The van der Waals surface area contributed by atoms with Gasteiger partial charge in [0.25, 0.3) is 0 Å². The molecule has 0 aliphatic carbocycles. The van der Waals surface area contributed by atoms with Crippen LogP contribution < -0.4 is 5.32 Å². The number of amides is 2. The predicted molar refractivity (Wildman–Crippen MR) is 67.1 cm³/mol. The smallest absolute Gasteiger partial charge is 0.317 e. The molecule has 5 nitrogen and oxygen atoms in total. The quantitative estimate of drug-likeness (QED) is 0.825. The summed E-state index contributed by atoms with van der Waals surface area (Å²) in [4.78, 5) is 13.6. The number of hydrogen-bond donors (Lipinski definition) is 2. The third-order valence-electron chi connectivity index (χ3n) is 2.92. The predicted octanol–water partition coefficient (Wildman–Crippen LogP) is 0.589. The van der Waals surface area contributed by atoms with Crippen LogP contribution in [0.15, 0.2) is 30.3 Å². The number of carbonyl (C=O) groups is 1. The molecule has 1 aliphatic heterocycles. The maximum Gasteiger partial charge on any atom is 0.317 e. The molecular weight excluding hydrogens is 232 g/mol. The van der Waals surface area contributed by atoms with E-state index in [0.29, 0.717) is 26.2 Å². The van der Waals surface area contributed by atoms with Crippen LogP contribution in [-0.2, 0) is 11.3 Å². The highest BCUT2D eigenvalue weighted by Gasteiger charge is 2.23. The first-order valence-electron chi connectivity index (χ1n) is 6.09. The zero-order valence-electron chi connectivity index (χ0n) is 10.2. The molecule has 1 heterocycles. The number of aliphatic hydroxyl groups excluding tert-OH is 1. The molecule has 1 aromatic rings. The Morgan fingerprint density at radius 3 is 2.94 bits per heavy atom. The molecule has 1 unspecified atom stereocenters. The fraction of sp³-hybridized carbons (Fsp3) is 0.462. The van der Waals surface area contributed by atoms with Crippen molar-refractivity contribution in [3.63, 3.8) is 0 Å². The molecule has 2 N–H and O–H groups in total. The third-order valence-corrected chi connectivity index (χ3v) is 2.92. The number of aliphatic hydroxyl groups is 1. The Kier molecular flexibility index (Phi) is 4.55. The molecule has 1 saturated heterocycles. The summed E-state index contributed by atoms with van der Waals surface area (Å²) in [5, 5.41) is 11.9. The molecule has 1 aliphatic rings. The van der Waals surface area contributed by atoms with Crippen LogP contribution in [0, 0.1) is 0 Å². The second-order valence-electron chi connectivity index (χ2n) is 4.27. The fourth-order valence-corrected chi connectivity index (χ4v) is 1.90. The van der Waals surface area contributed by atoms with Crippen molar-refractivity contribution in [2.45, 2.75) is 12.6 Å². The van der Waals surface area contributed by atoms with Crippen molar-refractivity contribution in [3.05, 3.63) is 35.9 Å². The molecule has 0 bridgehead atoms. The van der Waals surface area contributed by atoms with Crippen molar-refractivity contribution in [1.29, 1.82) is 0 Å². The molecule has 1 atom stereocenters. The average molecular weight is 250 g/mol.